The van der Waals surface area contributed by atoms with Crippen molar-refractivity contribution in [1.29, 1.82) is 0 Å². The zero-order valence-corrected chi connectivity index (χ0v) is 32.3. The van der Waals surface area contributed by atoms with Gasteiger partial charge in [0, 0.05) is 49.6 Å². The van der Waals surface area contributed by atoms with E-state index in [0.29, 0.717) is 23.9 Å². The molecule has 60 heavy (non-hydrogen) atoms. The number of hydrogen-bond acceptors (Lipinski definition) is 5. The van der Waals surface area contributed by atoms with Gasteiger partial charge >= 0.3 is 0 Å². The summed E-state index contributed by atoms with van der Waals surface area (Å²) in [4.78, 5) is 16.2. The van der Waals surface area contributed by atoms with Gasteiger partial charge in [0.25, 0.3) is 0 Å². The molecule has 0 bridgehead atoms. The van der Waals surface area contributed by atoms with Crippen molar-refractivity contribution in [2.45, 2.75) is 6.42 Å². The van der Waals surface area contributed by atoms with Crippen molar-refractivity contribution in [2.75, 3.05) is 0 Å². The lowest BCUT2D eigenvalue weighted by molar-refractivity contribution is 0.563. The summed E-state index contributed by atoms with van der Waals surface area (Å²) in [6, 6.07) is 55.3. The zero-order valence-electron chi connectivity index (χ0n) is 32.3. The summed E-state index contributed by atoms with van der Waals surface area (Å²) in [5.41, 5.74) is 9.40. The van der Waals surface area contributed by atoms with Crippen LogP contribution in [0.1, 0.15) is 12.2 Å². The highest BCUT2D eigenvalue weighted by atomic mass is 16.3. The average molecular weight is 768 g/mol. The minimum atomic E-state index is 0.153. The highest BCUT2D eigenvalue weighted by Gasteiger charge is 2.28. The van der Waals surface area contributed by atoms with Crippen LogP contribution in [0.5, 0.6) is 0 Å². The molecule has 0 spiro atoms. The van der Waals surface area contributed by atoms with Gasteiger partial charge < -0.3 is 8.83 Å². The maximum Gasteiger partial charge on any atom is 0.164 e. The molecule has 0 aliphatic heterocycles. The van der Waals surface area contributed by atoms with E-state index in [-0.39, 0.29) is 5.92 Å². The topological polar surface area (TPSA) is 65.0 Å². The van der Waals surface area contributed by atoms with Gasteiger partial charge in [-0.1, -0.05) is 146 Å². The number of rotatable bonds is 4. The van der Waals surface area contributed by atoms with Crippen LogP contribution in [0.3, 0.4) is 0 Å². The van der Waals surface area contributed by atoms with Crippen LogP contribution in [0.15, 0.2) is 191 Å². The van der Waals surface area contributed by atoms with Crippen molar-refractivity contribution < 1.29 is 8.83 Å². The van der Waals surface area contributed by atoms with Gasteiger partial charge in [0.05, 0.1) is 0 Å². The van der Waals surface area contributed by atoms with E-state index >= 15 is 0 Å². The van der Waals surface area contributed by atoms with Gasteiger partial charge in [-0.15, -0.1) is 0 Å². The molecule has 13 rings (SSSR count). The second-order valence-electron chi connectivity index (χ2n) is 15.8. The Morgan fingerprint density at radius 1 is 0.467 bits per heavy atom. The van der Waals surface area contributed by atoms with Gasteiger partial charge in [0.15, 0.2) is 17.5 Å². The van der Waals surface area contributed by atoms with E-state index in [2.05, 4.69) is 158 Å². The zero-order chi connectivity index (χ0) is 39.3. The highest BCUT2D eigenvalue weighted by molar-refractivity contribution is 6.16. The molecule has 0 N–H and O–H groups in total. The molecule has 0 saturated heterocycles. The number of para-hydroxylation sites is 2. The Morgan fingerprint density at radius 3 is 2.00 bits per heavy atom. The first-order valence-electron chi connectivity index (χ1n) is 20.4. The van der Waals surface area contributed by atoms with E-state index in [4.69, 9.17) is 23.8 Å². The molecule has 5 heteroatoms. The fourth-order valence-electron chi connectivity index (χ4n) is 9.58. The van der Waals surface area contributed by atoms with Crippen molar-refractivity contribution in [3.63, 3.8) is 0 Å². The maximum absolute atomic E-state index is 6.79. The molecule has 280 valence electrons. The number of fused-ring (bicyclic) bond motifs is 11. The van der Waals surface area contributed by atoms with Gasteiger partial charge in [-0.05, 0) is 86.3 Å². The molecule has 0 fully saturated rings. The monoisotopic (exact) mass is 767 g/mol. The lowest BCUT2D eigenvalue weighted by Crippen LogP contribution is -2.33. The Hall–Kier alpha value is -7.89. The summed E-state index contributed by atoms with van der Waals surface area (Å²) < 4.78 is 13.6. The average Bonchev–Trinajstić information content (AvgIpc) is 3.90. The summed E-state index contributed by atoms with van der Waals surface area (Å²) in [6.45, 7) is 0. The first kappa shape index (κ1) is 33.1. The van der Waals surface area contributed by atoms with Crippen LogP contribution < -0.4 is 10.6 Å². The normalized spacial score (nSPS) is 14.9. The predicted octanol–water partition coefficient (Wildman–Crippen LogP) is 12.5. The van der Waals surface area contributed by atoms with E-state index in [1.54, 1.807) is 0 Å². The molecule has 0 radical (unpaired) electrons. The van der Waals surface area contributed by atoms with E-state index in [0.717, 1.165) is 82.1 Å². The van der Waals surface area contributed by atoms with Gasteiger partial charge in [-0.25, -0.2) is 15.0 Å². The third-order valence-corrected chi connectivity index (χ3v) is 12.4. The molecule has 11 aromatic rings. The van der Waals surface area contributed by atoms with Crippen molar-refractivity contribution in [3.05, 3.63) is 198 Å². The lowest BCUT2D eigenvalue weighted by atomic mass is 9.83. The smallest absolute Gasteiger partial charge is 0.164 e. The molecule has 0 saturated carbocycles. The second kappa shape index (κ2) is 12.8. The quantitative estimate of drug-likeness (QED) is 0.167. The van der Waals surface area contributed by atoms with Crippen molar-refractivity contribution in [2.24, 2.45) is 5.92 Å². The number of aromatic nitrogens is 3. The largest absolute Gasteiger partial charge is 0.456 e. The first-order chi connectivity index (χ1) is 29.7. The summed E-state index contributed by atoms with van der Waals surface area (Å²) in [5, 5.41) is 11.3. The highest BCUT2D eigenvalue weighted by Crippen LogP contribution is 2.42. The predicted molar refractivity (Wildman–Crippen MR) is 244 cm³/mol. The SMILES string of the molecule is C1=CC2=c3c(oc4ccccc34)=C(c3nc(-c4ccc5ccc6ccccc6c5c4)nc(-c4ccc(-c5ccc6ccccc6c5)c5oc6ccccc6c45)n3)CC2C=C1. The molecule has 0 amide bonds. The molecular weight excluding hydrogens is 735 g/mol. The Balaban J connectivity index is 1.11. The molecule has 2 aliphatic carbocycles. The summed E-state index contributed by atoms with van der Waals surface area (Å²) in [7, 11) is 0. The number of benzene rings is 8. The minimum absolute atomic E-state index is 0.153. The van der Waals surface area contributed by atoms with Crippen molar-refractivity contribution in [3.8, 4) is 33.9 Å². The van der Waals surface area contributed by atoms with Crippen LogP contribution in [0.4, 0.5) is 0 Å². The van der Waals surface area contributed by atoms with E-state index in [9.17, 15) is 0 Å². The Kier molecular flexibility index (Phi) is 7.07. The van der Waals surface area contributed by atoms with Crippen LogP contribution >= 0.6 is 0 Å². The third-order valence-electron chi connectivity index (χ3n) is 12.4. The number of allylic oxidation sites excluding steroid dienone is 4. The molecule has 5 nitrogen and oxygen atoms in total. The van der Waals surface area contributed by atoms with E-state index in [1.165, 1.54) is 27.1 Å². The van der Waals surface area contributed by atoms with Crippen LogP contribution in [0.25, 0.3) is 110 Å². The van der Waals surface area contributed by atoms with Gasteiger partial charge in [0.2, 0.25) is 0 Å². The third kappa shape index (κ3) is 5.02. The molecule has 8 aromatic carbocycles. The molecule has 1 atom stereocenters. The standard InChI is InChI=1S/C55H33N3O2/c1-2-13-35-29-37(25-21-32(35)11-1)41-27-28-44(50-43-18-8-10-20-48(43)59-51(41)50)54-56-53(38-26-24-34-23-22-33-12-3-5-15-39(33)45(34)31-38)57-55(58-54)46-30-36-14-4-6-16-40(36)49-42-17-7-9-19-47(42)60-52(46)49/h1-29,31,36H,30H2. The Bertz CT molecular complexity index is 3830. The van der Waals surface area contributed by atoms with Crippen LogP contribution in [0, 0.1) is 5.92 Å². The van der Waals surface area contributed by atoms with Crippen LogP contribution in [-0.2, 0) is 0 Å². The number of furan rings is 2. The number of hydrogen-bond donors (Lipinski definition) is 0. The number of nitrogens with zero attached hydrogens (tertiary/aromatic N) is 3. The maximum atomic E-state index is 6.79. The van der Waals surface area contributed by atoms with Crippen LogP contribution in [0.2, 0.25) is 0 Å². The van der Waals surface area contributed by atoms with Crippen molar-refractivity contribution in [1.82, 2.24) is 15.0 Å². The molecule has 1 unspecified atom stereocenters. The van der Waals surface area contributed by atoms with Gasteiger partial charge in [-0.2, -0.15) is 0 Å². The van der Waals surface area contributed by atoms with Gasteiger partial charge in [-0.3, -0.25) is 0 Å². The summed E-state index contributed by atoms with van der Waals surface area (Å²) >= 11 is 0. The van der Waals surface area contributed by atoms with E-state index < -0.39 is 0 Å². The molecular formula is C55H33N3O2. The minimum Gasteiger partial charge on any atom is -0.456 e. The van der Waals surface area contributed by atoms with Gasteiger partial charge in [0.1, 0.15) is 22.2 Å². The fraction of sp³-hybridized carbons (Fsp3) is 0.0364. The summed E-state index contributed by atoms with van der Waals surface area (Å²) in [5.74, 6) is 1.94. The Morgan fingerprint density at radius 2 is 1.12 bits per heavy atom. The molecule has 2 aliphatic rings. The Labute approximate surface area is 343 Å². The molecule has 3 aromatic heterocycles. The fourth-order valence-corrected chi connectivity index (χ4v) is 9.58. The lowest BCUT2D eigenvalue weighted by Gasteiger charge is -2.22. The summed E-state index contributed by atoms with van der Waals surface area (Å²) in [6.07, 6.45) is 9.46. The second-order valence-corrected chi connectivity index (χ2v) is 15.8. The van der Waals surface area contributed by atoms with Crippen molar-refractivity contribution >= 4 is 76.4 Å². The first-order valence-corrected chi connectivity index (χ1v) is 20.4. The molecule has 3 heterocycles. The van der Waals surface area contributed by atoms with E-state index in [1.807, 2.05) is 24.3 Å². The van der Waals surface area contributed by atoms with Crippen LogP contribution in [-0.4, -0.2) is 15.0 Å².